The van der Waals surface area contributed by atoms with Crippen LogP contribution in [0.4, 0.5) is 5.82 Å². The smallest absolute Gasteiger partial charge is 0.123 e. The van der Waals surface area contributed by atoms with Gasteiger partial charge in [-0.05, 0) is 76.9 Å². The Kier molecular flexibility index (Phi) is 5.22. The van der Waals surface area contributed by atoms with E-state index in [9.17, 15) is 0 Å². The maximum Gasteiger partial charge on any atom is 0.123 e. The van der Waals surface area contributed by atoms with Crippen molar-refractivity contribution in [2.45, 2.75) is 50.6 Å². The Morgan fingerprint density at radius 2 is 2.10 bits per heavy atom. The predicted octanol–water partition coefficient (Wildman–Crippen LogP) is 2.30. The van der Waals surface area contributed by atoms with Crippen molar-refractivity contribution in [3.63, 3.8) is 0 Å². The van der Waals surface area contributed by atoms with Crippen molar-refractivity contribution in [1.82, 2.24) is 15.2 Å². The minimum absolute atomic E-state index is 0.235. The molecule has 118 valence electrons. The summed E-state index contributed by atoms with van der Waals surface area (Å²) in [5, 5.41) is 3.57. The molecule has 1 atom stereocenters. The van der Waals surface area contributed by atoms with Gasteiger partial charge in [0.1, 0.15) is 5.82 Å². The Balaban J connectivity index is 2.20. The van der Waals surface area contributed by atoms with Crippen molar-refractivity contribution >= 4 is 5.82 Å². The Bertz CT molecular complexity index is 450. The number of hydrogen-bond acceptors (Lipinski definition) is 4. The Morgan fingerprint density at radius 1 is 1.43 bits per heavy atom. The lowest BCUT2D eigenvalue weighted by Gasteiger charge is -2.50. The number of nitrogens with zero attached hydrogens (tertiary/aromatic N) is 2. The molecular formula is C17H30N4. The summed E-state index contributed by atoms with van der Waals surface area (Å²) >= 11 is 0. The molecular weight excluding hydrogens is 260 g/mol. The van der Waals surface area contributed by atoms with Crippen molar-refractivity contribution in [3.05, 3.63) is 23.9 Å². The number of nitrogens with one attached hydrogen (secondary N) is 1. The topological polar surface area (TPSA) is 54.2 Å². The predicted molar refractivity (Wildman–Crippen MR) is 89.3 cm³/mol. The van der Waals surface area contributed by atoms with Gasteiger partial charge in [0.05, 0.1) is 0 Å². The molecule has 1 heterocycles. The SMILES string of the molecule is CNC(Cc1ccnc(N)c1)C1(N(C)C)CCC(C)CC1. The molecule has 1 unspecified atom stereocenters. The van der Waals surface area contributed by atoms with Gasteiger partial charge in [-0.1, -0.05) is 6.92 Å². The number of aromatic nitrogens is 1. The van der Waals surface area contributed by atoms with Gasteiger partial charge in [0.2, 0.25) is 0 Å². The molecule has 3 N–H and O–H groups in total. The molecule has 4 nitrogen and oxygen atoms in total. The first-order chi connectivity index (χ1) is 9.98. The fourth-order valence-corrected chi connectivity index (χ4v) is 3.79. The van der Waals surface area contributed by atoms with Crippen LogP contribution in [0.1, 0.15) is 38.2 Å². The van der Waals surface area contributed by atoms with Gasteiger partial charge in [0.25, 0.3) is 0 Å². The van der Waals surface area contributed by atoms with Crippen molar-refractivity contribution in [2.75, 3.05) is 26.9 Å². The lowest BCUT2D eigenvalue weighted by Crippen LogP contribution is -2.60. The molecule has 1 fully saturated rings. The number of nitrogens with two attached hydrogens (primary N) is 1. The summed E-state index contributed by atoms with van der Waals surface area (Å²) in [5.41, 5.74) is 7.32. The largest absolute Gasteiger partial charge is 0.384 e. The van der Waals surface area contributed by atoms with Crippen molar-refractivity contribution in [1.29, 1.82) is 0 Å². The fraction of sp³-hybridized carbons (Fsp3) is 0.706. The maximum absolute atomic E-state index is 5.82. The van der Waals surface area contributed by atoms with Gasteiger partial charge in [-0.2, -0.15) is 0 Å². The van der Waals surface area contributed by atoms with E-state index in [-0.39, 0.29) is 5.54 Å². The zero-order valence-electron chi connectivity index (χ0n) is 13.9. The number of pyridine rings is 1. The molecule has 0 radical (unpaired) electrons. The standard InChI is InChI=1S/C17H30N4/c1-13-5-8-17(9-6-13,21(3)4)15(19-2)11-14-7-10-20-16(18)12-14/h7,10,12-13,15,19H,5-6,8-9,11H2,1-4H3,(H2,18,20). The summed E-state index contributed by atoms with van der Waals surface area (Å²) in [4.78, 5) is 6.53. The van der Waals surface area contributed by atoms with Crippen LogP contribution < -0.4 is 11.1 Å². The van der Waals surface area contributed by atoms with Crippen LogP contribution in [0.2, 0.25) is 0 Å². The van der Waals surface area contributed by atoms with Crippen LogP contribution in [-0.2, 0) is 6.42 Å². The fourth-order valence-electron chi connectivity index (χ4n) is 3.79. The van der Waals surface area contributed by atoms with Gasteiger partial charge >= 0.3 is 0 Å². The summed E-state index contributed by atoms with van der Waals surface area (Å²) < 4.78 is 0. The van der Waals surface area contributed by atoms with Crippen molar-refractivity contribution in [2.24, 2.45) is 5.92 Å². The van der Waals surface area contributed by atoms with Gasteiger partial charge in [0, 0.05) is 17.8 Å². The number of anilines is 1. The molecule has 1 aromatic rings. The second-order valence-electron chi connectivity index (χ2n) is 6.81. The highest BCUT2D eigenvalue weighted by molar-refractivity contribution is 5.32. The monoisotopic (exact) mass is 290 g/mol. The van der Waals surface area contributed by atoms with E-state index in [1.54, 1.807) is 0 Å². The zero-order valence-corrected chi connectivity index (χ0v) is 13.9. The normalized spacial score (nSPS) is 27.8. The van der Waals surface area contributed by atoms with Crippen molar-refractivity contribution in [3.8, 4) is 0 Å². The number of nitrogen functional groups attached to an aromatic ring is 1. The molecule has 0 aliphatic heterocycles. The number of hydrogen-bond donors (Lipinski definition) is 2. The molecule has 0 spiro atoms. The highest BCUT2D eigenvalue weighted by Gasteiger charge is 2.42. The highest BCUT2D eigenvalue weighted by atomic mass is 15.2. The van der Waals surface area contributed by atoms with Crippen LogP contribution in [0.15, 0.2) is 18.3 Å². The molecule has 21 heavy (non-hydrogen) atoms. The van der Waals surface area contributed by atoms with E-state index < -0.39 is 0 Å². The van der Waals surface area contributed by atoms with Gasteiger partial charge in [-0.25, -0.2) is 4.98 Å². The third kappa shape index (κ3) is 3.55. The molecule has 2 rings (SSSR count). The molecule has 1 aliphatic carbocycles. The molecule has 0 aromatic carbocycles. The van der Waals surface area contributed by atoms with Crippen LogP contribution in [0, 0.1) is 5.92 Å². The highest BCUT2D eigenvalue weighted by Crippen LogP contribution is 2.38. The second-order valence-corrected chi connectivity index (χ2v) is 6.81. The molecule has 0 saturated heterocycles. The average molecular weight is 290 g/mol. The zero-order chi connectivity index (χ0) is 15.5. The summed E-state index contributed by atoms with van der Waals surface area (Å²) in [5.74, 6) is 1.46. The first-order valence-electron chi connectivity index (χ1n) is 8.03. The van der Waals surface area contributed by atoms with Gasteiger partial charge in [0.15, 0.2) is 0 Å². The summed E-state index contributed by atoms with van der Waals surface area (Å²) in [6.45, 7) is 2.37. The summed E-state index contributed by atoms with van der Waals surface area (Å²) in [6.07, 6.45) is 7.95. The van der Waals surface area contributed by atoms with Crippen LogP contribution in [0.25, 0.3) is 0 Å². The minimum Gasteiger partial charge on any atom is -0.384 e. The van der Waals surface area contributed by atoms with Gasteiger partial charge < -0.3 is 16.0 Å². The molecule has 1 saturated carbocycles. The Morgan fingerprint density at radius 3 is 2.62 bits per heavy atom. The van der Waals surface area contributed by atoms with E-state index in [0.29, 0.717) is 11.9 Å². The first kappa shape index (κ1) is 16.2. The van der Waals surface area contributed by atoms with Gasteiger partial charge in [-0.15, -0.1) is 0 Å². The van der Waals surface area contributed by atoms with Crippen LogP contribution in [0.5, 0.6) is 0 Å². The average Bonchev–Trinajstić information content (AvgIpc) is 2.46. The lowest BCUT2D eigenvalue weighted by atomic mass is 9.70. The second kappa shape index (κ2) is 6.75. The molecule has 0 amide bonds. The molecule has 1 aromatic heterocycles. The van der Waals surface area contributed by atoms with E-state index in [1.807, 2.05) is 12.3 Å². The van der Waals surface area contributed by atoms with E-state index in [1.165, 1.54) is 31.2 Å². The minimum atomic E-state index is 0.235. The molecule has 1 aliphatic rings. The summed E-state index contributed by atoms with van der Waals surface area (Å²) in [6, 6.07) is 4.51. The van der Waals surface area contributed by atoms with Gasteiger partial charge in [-0.3, -0.25) is 0 Å². The van der Waals surface area contributed by atoms with E-state index >= 15 is 0 Å². The van der Waals surface area contributed by atoms with Crippen LogP contribution >= 0.6 is 0 Å². The van der Waals surface area contributed by atoms with Crippen molar-refractivity contribution < 1.29 is 0 Å². The third-order valence-electron chi connectivity index (χ3n) is 5.31. The van der Waals surface area contributed by atoms with Crippen LogP contribution in [-0.4, -0.2) is 42.6 Å². The number of likely N-dealkylation sites (N-methyl/N-ethyl adjacent to an activating group) is 2. The quantitative estimate of drug-likeness (QED) is 0.874. The molecule has 4 heteroatoms. The maximum atomic E-state index is 5.82. The summed E-state index contributed by atoms with van der Waals surface area (Å²) in [7, 11) is 6.53. The Hall–Kier alpha value is -1.13. The van der Waals surface area contributed by atoms with Crippen LogP contribution in [0.3, 0.4) is 0 Å². The Labute approximate surface area is 129 Å². The lowest BCUT2D eigenvalue weighted by molar-refractivity contribution is 0.0461. The third-order valence-corrected chi connectivity index (χ3v) is 5.31. The number of rotatable bonds is 5. The molecule has 0 bridgehead atoms. The van der Waals surface area contributed by atoms with E-state index in [2.05, 4.69) is 49.3 Å². The van der Waals surface area contributed by atoms with E-state index in [4.69, 9.17) is 5.73 Å². The first-order valence-corrected chi connectivity index (χ1v) is 8.03. The van der Waals surface area contributed by atoms with E-state index in [0.717, 1.165) is 12.3 Å².